The molecule has 0 unspecified atom stereocenters. The Labute approximate surface area is 154 Å². The van der Waals surface area contributed by atoms with Crippen molar-refractivity contribution in [3.8, 4) is 5.75 Å². The molecule has 0 aliphatic rings. The van der Waals surface area contributed by atoms with Crippen LogP contribution in [0.3, 0.4) is 0 Å². The molecule has 0 aromatic heterocycles. The number of aromatic hydroxyl groups is 1. The molecule has 0 saturated heterocycles. The first-order valence-corrected chi connectivity index (χ1v) is 9.86. The van der Waals surface area contributed by atoms with Crippen LogP contribution in [0.15, 0.2) is 41.3 Å². The summed E-state index contributed by atoms with van der Waals surface area (Å²) in [7, 11) is -3.66. The van der Waals surface area contributed by atoms with Gasteiger partial charge in [-0.2, -0.15) is 4.31 Å². The molecule has 6 nitrogen and oxygen atoms in total. The zero-order valence-corrected chi connectivity index (χ0v) is 16.2. The molecule has 0 fully saturated rings. The third-order valence-electron chi connectivity index (χ3n) is 4.20. The van der Waals surface area contributed by atoms with Crippen LogP contribution in [-0.4, -0.2) is 36.8 Å². The highest BCUT2D eigenvalue weighted by atomic mass is 32.2. The Bertz CT molecular complexity index is 919. The number of phenolic OH excluding ortho intramolecular Hbond substituents is 1. The number of benzene rings is 2. The minimum Gasteiger partial charge on any atom is -0.506 e. The van der Waals surface area contributed by atoms with Crippen molar-refractivity contribution in [1.82, 2.24) is 4.31 Å². The van der Waals surface area contributed by atoms with Crippen LogP contribution in [0.2, 0.25) is 0 Å². The SMILES string of the molecule is CCN(CC)S(=O)(=O)c1ccc(C)c(C(=O)Nc2ccc(C)cc2O)c1. The molecule has 0 aliphatic carbocycles. The molecule has 0 spiro atoms. The third kappa shape index (κ3) is 4.05. The molecular formula is C19H24N2O4S. The normalized spacial score (nSPS) is 11.6. The topological polar surface area (TPSA) is 86.7 Å². The molecule has 0 aliphatic heterocycles. The van der Waals surface area contributed by atoms with Gasteiger partial charge in [-0.25, -0.2) is 8.42 Å². The minimum absolute atomic E-state index is 0.0390. The standard InChI is InChI=1S/C19H24N2O4S/c1-5-21(6-2)26(24,25)15-9-8-14(4)16(12-15)19(23)20-17-10-7-13(3)11-18(17)22/h7-12,22H,5-6H2,1-4H3,(H,20,23). The Kier molecular flexibility index (Phi) is 6.05. The molecule has 2 aromatic rings. The summed E-state index contributed by atoms with van der Waals surface area (Å²) >= 11 is 0. The fraction of sp³-hybridized carbons (Fsp3) is 0.316. The zero-order valence-electron chi connectivity index (χ0n) is 15.4. The number of anilines is 1. The molecule has 0 heterocycles. The molecule has 26 heavy (non-hydrogen) atoms. The average molecular weight is 376 g/mol. The predicted octanol–water partition coefficient (Wildman–Crippen LogP) is 3.29. The smallest absolute Gasteiger partial charge is 0.256 e. The lowest BCUT2D eigenvalue weighted by molar-refractivity contribution is 0.102. The van der Waals surface area contributed by atoms with Gasteiger partial charge in [-0.3, -0.25) is 4.79 Å². The van der Waals surface area contributed by atoms with E-state index in [0.29, 0.717) is 18.7 Å². The molecular weight excluding hydrogens is 352 g/mol. The second-order valence-electron chi connectivity index (χ2n) is 6.04. The minimum atomic E-state index is -3.66. The lowest BCUT2D eigenvalue weighted by atomic mass is 10.1. The Hall–Kier alpha value is -2.38. The Morgan fingerprint density at radius 3 is 2.31 bits per heavy atom. The van der Waals surface area contributed by atoms with E-state index in [-0.39, 0.29) is 21.9 Å². The van der Waals surface area contributed by atoms with Crippen molar-refractivity contribution >= 4 is 21.6 Å². The number of rotatable bonds is 6. The number of nitrogens with one attached hydrogen (secondary N) is 1. The van der Waals surface area contributed by atoms with Crippen LogP contribution < -0.4 is 5.32 Å². The first-order valence-electron chi connectivity index (χ1n) is 8.42. The lowest BCUT2D eigenvalue weighted by Crippen LogP contribution is -2.30. The van der Waals surface area contributed by atoms with Gasteiger partial charge in [0.15, 0.2) is 0 Å². The van der Waals surface area contributed by atoms with E-state index in [1.165, 1.54) is 16.4 Å². The van der Waals surface area contributed by atoms with Gasteiger partial charge in [-0.1, -0.05) is 26.0 Å². The van der Waals surface area contributed by atoms with E-state index in [4.69, 9.17) is 0 Å². The first-order chi connectivity index (χ1) is 12.2. The quantitative estimate of drug-likeness (QED) is 0.758. The maximum absolute atomic E-state index is 12.7. The van der Waals surface area contributed by atoms with E-state index >= 15 is 0 Å². The van der Waals surface area contributed by atoms with Gasteiger partial charge in [0.1, 0.15) is 5.75 Å². The van der Waals surface area contributed by atoms with Crippen LogP contribution >= 0.6 is 0 Å². The highest BCUT2D eigenvalue weighted by molar-refractivity contribution is 7.89. The number of nitrogens with zero attached hydrogens (tertiary/aromatic N) is 1. The van der Waals surface area contributed by atoms with E-state index < -0.39 is 15.9 Å². The summed E-state index contributed by atoms with van der Waals surface area (Å²) in [6.45, 7) is 7.80. The molecule has 2 N–H and O–H groups in total. The van der Waals surface area contributed by atoms with E-state index in [1.54, 1.807) is 45.0 Å². The number of hydrogen-bond acceptors (Lipinski definition) is 4. The fourth-order valence-corrected chi connectivity index (χ4v) is 4.14. The predicted molar refractivity (Wildman–Crippen MR) is 102 cm³/mol. The number of phenols is 1. The molecule has 0 atom stereocenters. The van der Waals surface area contributed by atoms with Crippen LogP contribution in [-0.2, 0) is 10.0 Å². The second-order valence-corrected chi connectivity index (χ2v) is 7.98. The highest BCUT2D eigenvalue weighted by Crippen LogP contribution is 2.26. The van der Waals surface area contributed by atoms with Gasteiger partial charge < -0.3 is 10.4 Å². The van der Waals surface area contributed by atoms with Crippen molar-refractivity contribution in [1.29, 1.82) is 0 Å². The van der Waals surface area contributed by atoms with E-state index in [1.807, 2.05) is 6.92 Å². The van der Waals surface area contributed by atoms with E-state index in [0.717, 1.165) is 5.56 Å². The molecule has 7 heteroatoms. The van der Waals surface area contributed by atoms with Crippen molar-refractivity contribution in [2.45, 2.75) is 32.6 Å². The van der Waals surface area contributed by atoms with Gasteiger partial charge in [0, 0.05) is 18.7 Å². The summed E-state index contributed by atoms with van der Waals surface area (Å²) in [4.78, 5) is 12.7. The van der Waals surface area contributed by atoms with Crippen LogP contribution in [0.4, 0.5) is 5.69 Å². The van der Waals surface area contributed by atoms with Crippen LogP contribution in [0.5, 0.6) is 5.75 Å². The number of sulfonamides is 1. The summed E-state index contributed by atoms with van der Waals surface area (Å²) in [5.74, 6) is -0.513. The van der Waals surface area contributed by atoms with Gasteiger partial charge in [-0.05, 0) is 49.2 Å². The zero-order chi connectivity index (χ0) is 19.5. The van der Waals surface area contributed by atoms with Gasteiger partial charge >= 0.3 is 0 Å². The summed E-state index contributed by atoms with van der Waals surface area (Å²) in [6.07, 6.45) is 0. The van der Waals surface area contributed by atoms with Gasteiger partial charge in [0.25, 0.3) is 5.91 Å². The lowest BCUT2D eigenvalue weighted by Gasteiger charge is -2.19. The molecule has 140 valence electrons. The third-order valence-corrected chi connectivity index (χ3v) is 6.24. The van der Waals surface area contributed by atoms with Gasteiger partial charge in [0.2, 0.25) is 10.0 Å². The Morgan fingerprint density at radius 1 is 1.08 bits per heavy atom. The Balaban J connectivity index is 2.39. The summed E-state index contributed by atoms with van der Waals surface area (Å²) in [5.41, 5.74) is 2.03. The molecule has 0 saturated carbocycles. The maximum atomic E-state index is 12.7. The summed E-state index contributed by atoms with van der Waals surface area (Å²) in [6, 6.07) is 9.41. The van der Waals surface area contributed by atoms with E-state index in [2.05, 4.69) is 5.32 Å². The average Bonchev–Trinajstić information content (AvgIpc) is 2.58. The molecule has 2 rings (SSSR count). The van der Waals surface area contributed by atoms with Crippen LogP contribution in [0.25, 0.3) is 0 Å². The Morgan fingerprint density at radius 2 is 1.73 bits per heavy atom. The molecule has 0 radical (unpaired) electrons. The van der Waals surface area contributed by atoms with Gasteiger partial charge in [0.05, 0.1) is 10.6 Å². The van der Waals surface area contributed by atoms with Crippen molar-refractivity contribution in [2.75, 3.05) is 18.4 Å². The molecule has 0 bridgehead atoms. The van der Waals surface area contributed by atoms with Crippen LogP contribution in [0, 0.1) is 13.8 Å². The largest absolute Gasteiger partial charge is 0.506 e. The summed E-state index contributed by atoms with van der Waals surface area (Å²) < 4.78 is 26.7. The maximum Gasteiger partial charge on any atom is 0.256 e. The monoisotopic (exact) mass is 376 g/mol. The second kappa shape index (κ2) is 7.88. The number of carbonyl (C=O) groups is 1. The van der Waals surface area contributed by atoms with Crippen molar-refractivity contribution in [3.63, 3.8) is 0 Å². The van der Waals surface area contributed by atoms with Crippen LogP contribution in [0.1, 0.15) is 35.3 Å². The molecule has 2 aromatic carbocycles. The van der Waals surface area contributed by atoms with Crippen molar-refractivity contribution in [3.05, 3.63) is 53.1 Å². The fourth-order valence-electron chi connectivity index (χ4n) is 2.66. The van der Waals surface area contributed by atoms with E-state index in [9.17, 15) is 18.3 Å². The number of hydrogen-bond donors (Lipinski definition) is 2. The van der Waals surface area contributed by atoms with Crippen molar-refractivity contribution in [2.24, 2.45) is 0 Å². The highest BCUT2D eigenvalue weighted by Gasteiger charge is 2.23. The van der Waals surface area contributed by atoms with Gasteiger partial charge in [-0.15, -0.1) is 0 Å². The number of aryl methyl sites for hydroxylation is 2. The number of amides is 1. The first kappa shape index (κ1) is 19.9. The van der Waals surface area contributed by atoms with Crippen molar-refractivity contribution < 1.29 is 18.3 Å². The molecule has 1 amide bonds. The number of carbonyl (C=O) groups excluding carboxylic acids is 1. The summed E-state index contributed by atoms with van der Waals surface area (Å²) in [5, 5.41) is 12.6.